The van der Waals surface area contributed by atoms with Crippen molar-refractivity contribution >= 4 is 5.97 Å². The van der Waals surface area contributed by atoms with Crippen LogP contribution in [-0.2, 0) is 19.9 Å². The van der Waals surface area contributed by atoms with Crippen LogP contribution in [0.25, 0.3) is 11.3 Å². The second-order valence-corrected chi connectivity index (χ2v) is 4.17. The molecule has 1 N–H and O–H groups in total. The molecule has 1 aliphatic rings. The van der Waals surface area contributed by atoms with Gasteiger partial charge >= 0.3 is 5.97 Å². The molecule has 2 heterocycles. The second-order valence-electron chi connectivity index (χ2n) is 4.17. The van der Waals surface area contributed by atoms with E-state index >= 15 is 0 Å². The number of fused-ring (bicyclic) bond motifs is 3. The fourth-order valence-electron chi connectivity index (χ4n) is 2.42. The number of hydrogen-bond donors (Lipinski definition) is 1. The summed E-state index contributed by atoms with van der Waals surface area (Å²) in [6.07, 6.45) is 1.31. The van der Waals surface area contributed by atoms with Crippen LogP contribution >= 0.6 is 0 Å². The highest BCUT2D eigenvalue weighted by atomic mass is 16.5. The Morgan fingerprint density at radius 3 is 2.94 bits per heavy atom. The van der Waals surface area contributed by atoms with Gasteiger partial charge in [0, 0.05) is 19.0 Å². The quantitative estimate of drug-likeness (QED) is 0.799. The van der Waals surface area contributed by atoms with Gasteiger partial charge in [-0.05, 0) is 13.3 Å². The molecule has 17 heavy (non-hydrogen) atoms. The number of aromatic nitrogens is 3. The number of rotatable bonds is 1. The van der Waals surface area contributed by atoms with Crippen molar-refractivity contribution in [1.82, 2.24) is 14.9 Å². The number of aromatic carboxylic acids is 1. The maximum absolute atomic E-state index is 11.1. The van der Waals surface area contributed by atoms with Crippen LogP contribution in [0.4, 0.5) is 0 Å². The minimum absolute atomic E-state index is 0.133. The lowest BCUT2D eigenvalue weighted by Crippen LogP contribution is -2.07. The Balaban J connectivity index is 2.33. The van der Waals surface area contributed by atoms with Gasteiger partial charge in [-0.15, -0.1) is 0 Å². The van der Waals surface area contributed by atoms with Crippen molar-refractivity contribution in [2.24, 2.45) is 7.05 Å². The molecule has 0 atom stereocenters. The van der Waals surface area contributed by atoms with E-state index in [4.69, 9.17) is 9.63 Å². The average Bonchev–Trinajstić information content (AvgIpc) is 2.81. The second kappa shape index (κ2) is 3.19. The molecule has 0 aromatic carbocycles. The molecule has 0 amide bonds. The molecular weight excluding hydrogens is 222 g/mol. The van der Waals surface area contributed by atoms with Crippen LogP contribution in [0.1, 0.15) is 27.5 Å². The maximum atomic E-state index is 11.1. The average molecular weight is 233 g/mol. The molecule has 2 aromatic rings. The first-order valence-electron chi connectivity index (χ1n) is 5.34. The highest BCUT2D eigenvalue weighted by Crippen LogP contribution is 2.36. The molecule has 0 unspecified atom stereocenters. The Morgan fingerprint density at radius 2 is 2.24 bits per heavy atom. The summed E-state index contributed by atoms with van der Waals surface area (Å²) in [5.41, 5.74) is 3.41. The summed E-state index contributed by atoms with van der Waals surface area (Å²) in [7, 11) is 1.74. The SMILES string of the molecule is Cc1noc2c1-c1c(c(C(=O)O)nn1C)CC2. The van der Waals surface area contributed by atoms with Gasteiger partial charge < -0.3 is 9.63 Å². The third-order valence-electron chi connectivity index (χ3n) is 3.12. The van der Waals surface area contributed by atoms with Crippen LogP contribution in [0.5, 0.6) is 0 Å². The number of nitrogens with zero attached hydrogens (tertiary/aromatic N) is 3. The Labute approximate surface area is 96.8 Å². The number of carbonyl (C=O) groups is 1. The van der Waals surface area contributed by atoms with Crippen LogP contribution in [0, 0.1) is 6.92 Å². The smallest absolute Gasteiger partial charge is 0.356 e. The summed E-state index contributed by atoms with van der Waals surface area (Å²) in [6.45, 7) is 1.85. The van der Waals surface area contributed by atoms with Crippen molar-refractivity contribution in [1.29, 1.82) is 0 Å². The molecule has 0 bridgehead atoms. The van der Waals surface area contributed by atoms with Crippen LogP contribution in [0.15, 0.2) is 4.52 Å². The lowest BCUT2D eigenvalue weighted by molar-refractivity contribution is 0.0688. The largest absolute Gasteiger partial charge is 0.476 e. The molecule has 0 spiro atoms. The number of aryl methyl sites for hydroxylation is 3. The summed E-state index contributed by atoms with van der Waals surface area (Å²) in [4.78, 5) is 11.1. The van der Waals surface area contributed by atoms with Crippen LogP contribution in [0.3, 0.4) is 0 Å². The molecule has 2 aromatic heterocycles. The topological polar surface area (TPSA) is 81.2 Å². The molecule has 0 saturated heterocycles. The van der Waals surface area contributed by atoms with Gasteiger partial charge in [-0.1, -0.05) is 5.16 Å². The maximum Gasteiger partial charge on any atom is 0.356 e. The Kier molecular flexibility index (Phi) is 1.89. The zero-order valence-corrected chi connectivity index (χ0v) is 9.52. The van der Waals surface area contributed by atoms with Crippen molar-refractivity contribution in [3.8, 4) is 11.3 Å². The molecule has 1 aliphatic carbocycles. The van der Waals surface area contributed by atoms with Crippen LogP contribution in [-0.4, -0.2) is 26.0 Å². The lowest BCUT2D eigenvalue weighted by Gasteiger charge is -2.11. The number of carboxylic acids is 1. The van der Waals surface area contributed by atoms with Gasteiger partial charge in [0.05, 0.1) is 17.0 Å². The van der Waals surface area contributed by atoms with E-state index in [0.717, 1.165) is 28.3 Å². The fourth-order valence-corrected chi connectivity index (χ4v) is 2.42. The van der Waals surface area contributed by atoms with E-state index in [9.17, 15) is 4.79 Å². The van der Waals surface area contributed by atoms with Gasteiger partial charge in [-0.3, -0.25) is 4.68 Å². The molecule has 3 rings (SSSR count). The third kappa shape index (κ3) is 1.23. The lowest BCUT2D eigenvalue weighted by atomic mass is 9.93. The van der Waals surface area contributed by atoms with Crippen molar-refractivity contribution in [2.75, 3.05) is 0 Å². The normalized spacial score (nSPS) is 13.3. The number of hydrogen-bond acceptors (Lipinski definition) is 4. The molecule has 88 valence electrons. The third-order valence-corrected chi connectivity index (χ3v) is 3.12. The molecular formula is C11H11N3O3. The first kappa shape index (κ1) is 10.1. The predicted octanol–water partition coefficient (Wildman–Crippen LogP) is 1.18. The summed E-state index contributed by atoms with van der Waals surface area (Å²) >= 11 is 0. The van der Waals surface area contributed by atoms with Gasteiger partial charge in [0.1, 0.15) is 5.76 Å². The van der Waals surface area contributed by atoms with Gasteiger partial charge in [0.15, 0.2) is 5.69 Å². The summed E-state index contributed by atoms with van der Waals surface area (Å²) in [5.74, 6) is -0.172. The van der Waals surface area contributed by atoms with Gasteiger partial charge in [-0.2, -0.15) is 5.10 Å². The van der Waals surface area contributed by atoms with Crippen LogP contribution < -0.4 is 0 Å². The standard InChI is InChI=1S/C11H11N3O3/c1-5-8-7(17-13-5)4-3-6-9(11(15)16)12-14(2)10(6)8/h3-4H2,1-2H3,(H,15,16). The van der Waals surface area contributed by atoms with Crippen molar-refractivity contribution in [3.05, 3.63) is 22.7 Å². The molecule has 0 saturated carbocycles. The van der Waals surface area contributed by atoms with Gasteiger partial charge in [-0.25, -0.2) is 4.79 Å². The van der Waals surface area contributed by atoms with Crippen LogP contribution in [0.2, 0.25) is 0 Å². The molecule has 0 radical (unpaired) electrons. The zero-order valence-electron chi connectivity index (χ0n) is 9.52. The van der Waals surface area contributed by atoms with E-state index < -0.39 is 5.97 Å². The van der Waals surface area contributed by atoms with E-state index in [1.807, 2.05) is 6.92 Å². The summed E-state index contributed by atoms with van der Waals surface area (Å²) < 4.78 is 6.83. The van der Waals surface area contributed by atoms with E-state index in [1.165, 1.54) is 0 Å². The first-order valence-corrected chi connectivity index (χ1v) is 5.34. The predicted molar refractivity (Wildman–Crippen MR) is 57.8 cm³/mol. The van der Waals surface area contributed by atoms with E-state index in [-0.39, 0.29) is 5.69 Å². The Morgan fingerprint density at radius 1 is 1.47 bits per heavy atom. The highest BCUT2D eigenvalue weighted by molar-refractivity contribution is 5.90. The summed E-state index contributed by atoms with van der Waals surface area (Å²) in [5, 5.41) is 17.1. The number of carboxylic acid groups (broad SMARTS) is 1. The van der Waals surface area contributed by atoms with E-state index in [1.54, 1.807) is 11.7 Å². The minimum Gasteiger partial charge on any atom is -0.476 e. The van der Waals surface area contributed by atoms with Crippen molar-refractivity contribution in [3.63, 3.8) is 0 Å². The van der Waals surface area contributed by atoms with Crippen molar-refractivity contribution < 1.29 is 14.4 Å². The Hall–Kier alpha value is -2.11. The fraction of sp³-hybridized carbons (Fsp3) is 0.364. The van der Waals surface area contributed by atoms with E-state index in [2.05, 4.69) is 10.3 Å². The first-order chi connectivity index (χ1) is 8.09. The van der Waals surface area contributed by atoms with Crippen molar-refractivity contribution in [2.45, 2.75) is 19.8 Å². The Bertz CT molecular complexity index is 624. The van der Waals surface area contributed by atoms with E-state index in [0.29, 0.717) is 12.8 Å². The van der Waals surface area contributed by atoms with Gasteiger partial charge in [0.2, 0.25) is 0 Å². The molecule has 6 nitrogen and oxygen atoms in total. The zero-order chi connectivity index (χ0) is 12.2. The molecule has 0 fully saturated rings. The monoisotopic (exact) mass is 233 g/mol. The molecule has 0 aliphatic heterocycles. The summed E-state index contributed by atoms with van der Waals surface area (Å²) in [6, 6.07) is 0. The molecule has 6 heteroatoms. The highest BCUT2D eigenvalue weighted by Gasteiger charge is 2.30. The van der Waals surface area contributed by atoms with Gasteiger partial charge in [0.25, 0.3) is 0 Å². The minimum atomic E-state index is -0.987.